The lowest BCUT2D eigenvalue weighted by atomic mass is 10.1. The van der Waals surface area contributed by atoms with Crippen LogP contribution in [-0.4, -0.2) is 23.1 Å². The number of hydrogen-bond donors (Lipinski definition) is 1. The predicted octanol–water partition coefficient (Wildman–Crippen LogP) is 4.14. The topological polar surface area (TPSA) is 31.9 Å². The van der Waals surface area contributed by atoms with Crippen LogP contribution in [0.5, 0.6) is 0 Å². The minimum absolute atomic E-state index is 0.951. The molecule has 21 heavy (non-hydrogen) atoms. The number of para-hydroxylation sites is 2. The first-order valence-corrected chi connectivity index (χ1v) is 7.62. The molecule has 0 aliphatic carbocycles. The van der Waals surface area contributed by atoms with Crippen molar-refractivity contribution in [1.82, 2.24) is 9.97 Å². The Hall–Kier alpha value is -2.29. The average Bonchev–Trinajstić information content (AvgIpc) is 3.16. The van der Waals surface area contributed by atoms with Gasteiger partial charge in [-0.1, -0.05) is 12.1 Å². The molecule has 0 amide bonds. The fourth-order valence-corrected chi connectivity index (χ4v) is 3.21. The summed E-state index contributed by atoms with van der Waals surface area (Å²) < 4.78 is 0. The number of aromatic amines is 1. The van der Waals surface area contributed by atoms with Crippen molar-refractivity contribution >= 4 is 16.7 Å². The molecule has 3 heteroatoms. The molecule has 1 saturated heterocycles. The summed E-state index contributed by atoms with van der Waals surface area (Å²) in [6.45, 7) is 4.56. The molecule has 1 N–H and O–H groups in total. The molecule has 3 nitrogen and oxygen atoms in total. The minimum Gasteiger partial charge on any atom is -0.371 e. The normalized spacial score (nSPS) is 15.0. The summed E-state index contributed by atoms with van der Waals surface area (Å²) in [6, 6.07) is 14.8. The molecule has 0 radical (unpaired) electrons. The number of benzene rings is 2. The summed E-state index contributed by atoms with van der Waals surface area (Å²) in [6.07, 6.45) is 2.62. The zero-order valence-electron chi connectivity index (χ0n) is 12.3. The lowest BCUT2D eigenvalue weighted by Gasteiger charge is -2.20. The molecule has 4 rings (SSSR count). The van der Waals surface area contributed by atoms with Gasteiger partial charge in [-0.15, -0.1) is 0 Å². The Labute approximate surface area is 124 Å². The number of hydrogen-bond acceptors (Lipinski definition) is 2. The van der Waals surface area contributed by atoms with Gasteiger partial charge >= 0.3 is 0 Å². The van der Waals surface area contributed by atoms with E-state index in [0.717, 1.165) is 22.4 Å². The van der Waals surface area contributed by atoms with Crippen LogP contribution in [0, 0.1) is 6.92 Å². The van der Waals surface area contributed by atoms with Crippen molar-refractivity contribution < 1.29 is 0 Å². The van der Waals surface area contributed by atoms with Gasteiger partial charge in [0.2, 0.25) is 0 Å². The van der Waals surface area contributed by atoms with E-state index in [1.165, 1.54) is 37.2 Å². The number of rotatable bonds is 2. The fourth-order valence-electron chi connectivity index (χ4n) is 3.21. The van der Waals surface area contributed by atoms with Gasteiger partial charge in [-0.2, -0.15) is 0 Å². The molecule has 0 atom stereocenters. The fraction of sp³-hybridized carbons (Fsp3) is 0.278. The molecule has 1 aliphatic rings. The van der Waals surface area contributed by atoms with Gasteiger partial charge in [0.05, 0.1) is 11.0 Å². The molecule has 2 aromatic carbocycles. The Kier molecular flexibility index (Phi) is 2.92. The highest BCUT2D eigenvalue weighted by Crippen LogP contribution is 2.29. The third-order valence-electron chi connectivity index (χ3n) is 4.31. The Morgan fingerprint density at radius 3 is 2.62 bits per heavy atom. The number of nitrogens with zero attached hydrogens (tertiary/aromatic N) is 2. The van der Waals surface area contributed by atoms with E-state index in [2.05, 4.69) is 46.1 Å². The third-order valence-corrected chi connectivity index (χ3v) is 4.31. The van der Waals surface area contributed by atoms with Crippen LogP contribution in [0.3, 0.4) is 0 Å². The molecule has 0 saturated carbocycles. The van der Waals surface area contributed by atoms with Crippen LogP contribution in [0.15, 0.2) is 42.5 Å². The van der Waals surface area contributed by atoms with Crippen LogP contribution < -0.4 is 4.90 Å². The Balaban J connectivity index is 1.73. The van der Waals surface area contributed by atoms with Gasteiger partial charge in [-0.05, 0) is 55.7 Å². The molecule has 106 valence electrons. The molecule has 0 spiro atoms. The molecule has 3 aromatic rings. The van der Waals surface area contributed by atoms with Crippen molar-refractivity contribution in [2.45, 2.75) is 19.8 Å². The SMILES string of the molecule is Cc1cc(-c2nc3ccccc3[nH]2)ccc1N1CCCC1. The van der Waals surface area contributed by atoms with Crippen molar-refractivity contribution in [3.63, 3.8) is 0 Å². The maximum Gasteiger partial charge on any atom is 0.138 e. The quantitative estimate of drug-likeness (QED) is 0.763. The van der Waals surface area contributed by atoms with Gasteiger partial charge in [0.15, 0.2) is 0 Å². The first kappa shape index (κ1) is 12.5. The summed E-state index contributed by atoms with van der Waals surface area (Å²) in [5, 5.41) is 0. The molecule has 0 bridgehead atoms. The summed E-state index contributed by atoms with van der Waals surface area (Å²) >= 11 is 0. The largest absolute Gasteiger partial charge is 0.371 e. The zero-order valence-corrected chi connectivity index (χ0v) is 12.3. The van der Waals surface area contributed by atoms with Crippen molar-refractivity contribution in [1.29, 1.82) is 0 Å². The van der Waals surface area contributed by atoms with Crippen LogP contribution in [-0.2, 0) is 0 Å². The van der Waals surface area contributed by atoms with E-state index in [1.54, 1.807) is 0 Å². The number of H-pyrrole nitrogens is 1. The second-order valence-corrected chi connectivity index (χ2v) is 5.80. The monoisotopic (exact) mass is 277 g/mol. The molecular formula is C18H19N3. The third kappa shape index (κ3) is 2.19. The molecule has 0 unspecified atom stereocenters. The van der Waals surface area contributed by atoms with Crippen molar-refractivity contribution in [2.75, 3.05) is 18.0 Å². The Bertz CT molecular complexity index is 749. The summed E-state index contributed by atoms with van der Waals surface area (Å²) in [5.41, 5.74) is 5.97. The minimum atomic E-state index is 0.951. The Morgan fingerprint density at radius 1 is 1.05 bits per heavy atom. The van der Waals surface area contributed by atoms with E-state index in [9.17, 15) is 0 Å². The van der Waals surface area contributed by atoms with Crippen LogP contribution >= 0.6 is 0 Å². The molecule has 1 aromatic heterocycles. The first-order valence-electron chi connectivity index (χ1n) is 7.62. The highest BCUT2D eigenvalue weighted by atomic mass is 15.1. The van der Waals surface area contributed by atoms with Gasteiger partial charge in [0.25, 0.3) is 0 Å². The smallest absolute Gasteiger partial charge is 0.138 e. The maximum atomic E-state index is 4.68. The van der Waals surface area contributed by atoms with Crippen LogP contribution in [0.4, 0.5) is 5.69 Å². The van der Waals surface area contributed by atoms with Gasteiger partial charge < -0.3 is 9.88 Å². The van der Waals surface area contributed by atoms with E-state index in [1.807, 2.05) is 18.2 Å². The van der Waals surface area contributed by atoms with E-state index in [0.29, 0.717) is 0 Å². The predicted molar refractivity (Wildman–Crippen MR) is 87.7 cm³/mol. The molecule has 2 heterocycles. The number of aryl methyl sites for hydroxylation is 1. The second kappa shape index (κ2) is 4.92. The highest BCUT2D eigenvalue weighted by molar-refractivity contribution is 5.79. The number of anilines is 1. The second-order valence-electron chi connectivity index (χ2n) is 5.80. The average molecular weight is 277 g/mol. The van der Waals surface area contributed by atoms with E-state index >= 15 is 0 Å². The van der Waals surface area contributed by atoms with Crippen LogP contribution in [0.25, 0.3) is 22.4 Å². The van der Waals surface area contributed by atoms with Gasteiger partial charge in [-0.25, -0.2) is 4.98 Å². The van der Waals surface area contributed by atoms with E-state index in [4.69, 9.17) is 0 Å². The van der Waals surface area contributed by atoms with Crippen molar-refractivity contribution in [3.05, 3.63) is 48.0 Å². The summed E-state index contributed by atoms with van der Waals surface area (Å²) in [5.74, 6) is 0.951. The standard InChI is InChI=1S/C18H19N3/c1-13-12-14(8-9-17(13)21-10-4-5-11-21)18-19-15-6-2-3-7-16(15)20-18/h2-3,6-9,12H,4-5,10-11H2,1H3,(H,19,20). The van der Waals surface area contributed by atoms with Crippen LogP contribution in [0.2, 0.25) is 0 Å². The number of fused-ring (bicyclic) bond motifs is 1. The van der Waals surface area contributed by atoms with Crippen molar-refractivity contribution in [3.8, 4) is 11.4 Å². The zero-order chi connectivity index (χ0) is 14.2. The number of aromatic nitrogens is 2. The lowest BCUT2D eigenvalue weighted by Crippen LogP contribution is -2.18. The van der Waals surface area contributed by atoms with Crippen LogP contribution in [0.1, 0.15) is 18.4 Å². The Morgan fingerprint density at radius 2 is 1.86 bits per heavy atom. The molecular weight excluding hydrogens is 258 g/mol. The highest BCUT2D eigenvalue weighted by Gasteiger charge is 2.15. The number of imidazole rings is 1. The van der Waals surface area contributed by atoms with Gasteiger partial charge in [0, 0.05) is 24.3 Å². The van der Waals surface area contributed by atoms with Gasteiger partial charge in [0.1, 0.15) is 5.82 Å². The van der Waals surface area contributed by atoms with E-state index in [-0.39, 0.29) is 0 Å². The maximum absolute atomic E-state index is 4.68. The van der Waals surface area contributed by atoms with Gasteiger partial charge in [-0.3, -0.25) is 0 Å². The number of nitrogens with one attached hydrogen (secondary N) is 1. The summed E-state index contributed by atoms with van der Waals surface area (Å²) in [4.78, 5) is 10.6. The molecule has 1 aliphatic heterocycles. The van der Waals surface area contributed by atoms with Crippen molar-refractivity contribution in [2.24, 2.45) is 0 Å². The lowest BCUT2D eigenvalue weighted by molar-refractivity contribution is 0.949. The molecule has 1 fully saturated rings. The first-order chi connectivity index (χ1) is 10.3. The summed E-state index contributed by atoms with van der Waals surface area (Å²) in [7, 11) is 0. The van der Waals surface area contributed by atoms with E-state index < -0.39 is 0 Å².